The van der Waals surface area contributed by atoms with Gasteiger partial charge in [-0.3, -0.25) is 0 Å². The van der Waals surface area contributed by atoms with E-state index in [1.165, 1.54) is 231 Å². The fraction of sp³-hybridized carbons (Fsp3) is 1.00. The Labute approximate surface area is 368 Å². The molecule has 3 nitrogen and oxygen atoms in total. The van der Waals surface area contributed by atoms with Gasteiger partial charge in [-0.25, -0.2) is 14.0 Å². The molecule has 0 aromatic heterocycles. The van der Waals surface area contributed by atoms with Crippen LogP contribution in [0.3, 0.4) is 0 Å². The monoisotopic (exact) mass is 841 g/mol. The van der Waals surface area contributed by atoms with Crippen molar-refractivity contribution in [1.29, 1.82) is 0 Å². The summed E-state index contributed by atoms with van der Waals surface area (Å²) in [5, 5.41) is 0. The highest BCUT2D eigenvalue weighted by atomic mass is 31.2. The molecule has 54 spiro atoms. The Bertz CT molecular complexity index is 5510. The maximum atomic E-state index is 3.67. The first-order chi connectivity index (χ1) is 33.4. The van der Waals surface area contributed by atoms with Gasteiger partial charge >= 0.3 is 0 Å². The van der Waals surface area contributed by atoms with Crippen molar-refractivity contribution in [2.24, 2.45) is 245 Å². The lowest BCUT2D eigenvalue weighted by Crippen LogP contribution is -2.34. The molecular weight excluding hydrogens is 830 g/mol. The molecule has 60 fully saturated rings. The van der Waals surface area contributed by atoms with Crippen molar-refractivity contribution >= 4 is 8.37 Å². The van der Waals surface area contributed by atoms with Gasteiger partial charge in [0, 0.05) is 164 Å². The van der Waals surface area contributed by atoms with Crippen molar-refractivity contribution in [1.82, 2.24) is 14.0 Å². The summed E-state index contributed by atoms with van der Waals surface area (Å²) in [6.07, 6.45) is 5.34. The summed E-state index contributed by atoms with van der Waals surface area (Å²) in [6, 6.07) is 3.73. The van der Waals surface area contributed by atoms with Crippen LogP contribution in [0.1, 0.15) is 19.3 Å². The minimum absolute atomic E-state index is 0.0101. The van der Waals surface area contributed by atoms with Crippen LogP contribution in [0.2, 0.25) is 0 Å². The topological polar surface area (TPSA) is 9.03 Å². The van der Waals surface area contributed by atoms with Crippen LogP contribution >= 0.6 is 8.37 Å². The third kappa shape index (κ3) is 0.338. The summed E-state index contributed by atoms with van der Waals surface area (Å²) in [6.45, 7) is 0. The third-order valence-corrected chi connectivity index (χ3v) is 65.3. The fourth-order valence-corrected chi connectivity index (χ4v) is 78.9. The van der Waals surface area contributed by atoms with Gasteiger partial charge in [0.15, 0.2) is 0 Å². The highest BCUT2D eigenvalue weighted by Gasteiger charge is 3.97. The van der Waals surface area contributed by atoms with Gasteiger partial charge in [-0.05, 0) is 167 Å². The summed E-state index contributed by atoms with van der Waals surface area (Å²) >= 11 is 0. The second kappa shape index (κ2) is 2.22. The lowest BCUT2D eigenvalue weighted by molar-refractivity contribution is 0.237. The number of piperidine rings is 3. The molecule has 60 rings (SSSR count). The van der Waals surface area contributed by atoms with Gasteiger partial charge in [0.25, 0.3) is 0 Å². The number of hydrogen-bond acceptors (Lipinski definition) is 3. The first-order valence-corrected chi connectivity index (χ1v) is 33.7. The Balaban J connectivity index is 0.414. The molecule has 0 radical (unpaired) electrons. The quantitative estimate of drug-likeness (QED) is 0.314. The van der Waals surface area contributed by atoms with Crippen LogP contribution in [0.5, 0.6) is 0 Å². The lowest BCUT2D eigenvalue weighted by atomic mass is 9.83. The molecular formula is C63H12N3P. The summed E-state index contributed by atoms with van der Waals surface area (Å²) in [5.74, 6) is 4.14. The SMILES string of the molecule is C1C2C13C21C32C13C21C32C13C21C32C34C56C78C9%10C%11N(P(N%12C%13C%12%14C%13%12C%14%13C%12%14C%13%12C%14%13C%12%14C%13%12C%13%15C%16%17C%18%19C%20%21C%22%23CC%22C%23%20C%21%18C%19%16C%17%13C%14%12%15)N%12C%13C%12%14C%13%12C%14%13C%12%14C%13%12C%14%13C%12%14C%13%12C%13%15C%16%17C%18%19C%20%21C%22%23CC%22C%23%20C%21%18C%19%16C%17%13C%14%12%15)C%119C%107C85C63C142. The molecule has 63 unspecified atom stereocenters. The molecule has 0 aromatic rings. The van der Waals surface area contributed by atoms with Gasteiger partial charge in [0.1, 0.15) is 8.37 Å². The minimum Gasteiger partial charge on any atom is -0.243 e. The van der Waals surface area contributed by atoms with E-state index in [4.69, 9.17) is 0 Å². The van der Waals surface area contributed by atoms with Crippen LogP contribution < -0.4 is 0 Å². The summed E-state index contributed by atoms with van der Waals surface area (Å²) in [4.78, 5) is 0. The molecule has 60 aliphatic rings. The van der Waals surface area contributed by atoms with Gasteiger partial charge in [-0.2, -0.15) is 0 Å². The van der Waals surface area contributed by atoms with E-state index >= 15 is 0 Å². The number of nitrogens with zero attached hydrogens (tertiary/aromatic N) is 3. The van der Waals surface area contributed by atoms with Crippen LogP contribution in [0.4, 0.5) is 0 Å². The van der Waals surface area contributed by atoms with Crippen molar-refractivity contribution in [3.8, 4) is 0 Å². The molecule has 0 amide bonds. The van der Waals surface area contributed by atoms with Crippen molar-refractivity contribution < 1.29 is 0 Å². The summed E-state index contributed by atoms with van der Waals surface area (Å²) < 4.78 is 11.0. The highest BCUT2D eigenvalue weighted by molar-refractivity contribution is 7.52. The van der Waals surface area contributed by atoms with E-state index in [0.29, 0.717) is 0 Å². The van der Waals surface area contributed by atoms with Gasteiger partial charge < -0.3 is 0 Å². The zero-order valence-corrected chi connectivity index (χ0v) is 35.3. The van der Waals surface area contributed by atoms with Gasteiger partial charge in [0.05, 0.1) is 16.6 Å². The molecule has 0 aromatic carbocycles. The van der Waals surface area contributed by atoms with Gasteiger partial charge in [-0.1, -0.05) is 0 Å². The average molecular weight is 842 g/mol. The highest BCUT2D eigenvalue weighted by Crippen LogP contribution is 3.98. The molecule has 4 heteroatoms. The fourth-order valence-electron chi connectivity index (χ4n) is 74.7. The van der Waals surface area contributed by atoms with E-state index in [1.807, 2.05) is 0 Å². The van der Waals surface area contributed by atoms with Crippen LogP contribution in [0.15, 0.2) is 0 Å². The maximum absolute atomic E-state index is 3.67. The molecule has 57 saturated carbocycles. The van der Waals surface area contributed by atoms with E-state index in [2.05, 4.69) is 14.0 Å². The molecule has 57 aliphatic carbocycles. The number of hydrogen-bond donors (Lipinski definition) is 0. The second-order valence-corrected chi connectivity index (χ2v) is 48.2. The van der Waals surface area contributed by atoms with Gasteiger partial charge in [0.2, 0.25) is 0 Å². The number of rotatable bonds is 3. The first kappa shape index (κ1) is 18.6. The normalized spacial score (nSPS) is 171. The van der Waals surface area contributed by atoms with Gasteiger partial charge in [-0.15, -0.1) is 0 Å². The molecule has 63 atom stereocenters. The zero-order valence-electron chi connectivity index (χ0n) is 34.4. The van der Waals surface area contributed by atoms with Crippen LogP contribution in [0.25, 0.3) is 0 Å². The van der Waals surface area contributed by atoms with E-state index < -0.39 is 0 Å². The van der Waals surface area contributed by atoms with E-state index in [-0.39, 0.29) is 8.37 Å². The Hall–Kier alpha value is 0.310. The van der Waals surface area contributed by atoms with E-state index in [1.54, 1.807) is 19.3 Å². The Morgan fingerprint density at radius 2 is 0.403 bits per heavy atom. The summed E-state index contributed by atoms with van der Waals surface area (Å²) in [5.41, 5.74) is 62.8. The van der Waals surface area contributed by atoms with E-state index in [0.717, 1.165) is 97.8 Å². The molecule has 3 saturated heterocycles. The van der Waals surface area contributed by atoms with E-state index in [9.17, 15) is 0 Å². The minimum atomic E-state index is 0.0101. The lowest BCUT2D eigenvalue weighted by Gasteiger charge is -2.36. The van der Waals surface area contributed by atoms with Crippen LogP contribution in [-0.2, 0) is 0 Å². The first-order valence-electron chi connectivity index (χ1n) is 32.5. The molecule has 3 heterocycles. The molecule has 0 N–H and O–H groups in total. The third-order valence-electron chi connectivity index (χ3n) is 62.5. The van der Waals surface area contributed by atoms with Crippen molar-refractivity contribution in [2.45, 2.75) is 54.0 Å². The van der Waals surface area contributed by atoms with Crippen LogP contribution in [-0.4, -0.2) is 48.8 Å². The Kier molecular flexibility index (Phi) is 0.613. The molecule has 284 valence electrons. The second-order valence-electron chi connectivity index (χ2n) is 46.3. The molecule has 3 aliphatic heterocycles. The van der Waals surface area contributed by atoms with Crippen molar-refractivity contribution in [3.63, 3.8) is 0 Å². The molecule has 0 bridgehead atoms. The standard InChI is InChI=1S/C63H12N3P/c1-4-10(1)13(4)22(10)28(13)34(22)40(28)46(34)52(40)58(46)55-43-31-16-7-19(16,25(16,31)37(31,43)49(43,55)61(52,55)58)64(7)67(65-8-17-20(8,65)26(17)32(17)38(26)44(32)50(38)56(44)59-47-35-23-11-2-5(11)14(11,23)29(23,35)41(35,47)53(47,59)62(50,56)59)66-9-18-21(9,66)27(18)33(18)39(27)45(33)51(39)57(45)60-48-36-24-12-3-6(12)15(12,24)30(24,36)42(36,48)54(48,60)63(51,57)60/h4-9H,1-3H2. The largest absolute Gasteiger partial charge is 0.243 e. The Morgan fingerprint density at radius 1 is 0.209 bits per heavy atom. The zero-order chi connectivity index (χ0) is 34.9. The van der Waals surface area contributed by atoms with Crippen molar-refractivity contribution in [2.75, 3.05) is 0 Å². The summed E-state index contributed by atoms with van der Waals surface area (Å²) in [7, 11) is 0.0101. The maximum Gasteiger partial charge on any atom is 0.123 e. The van der Waals surface area contributed by atoms with Crippen LogP contribution in [0, 0.1) is 294 Å². The predicted molar refractivity (Wildman–Crippen MR) is 188 cm³/mol. The van der Waals surface area contributed by atoms with Crippen molar-refractivity contribution in [3.05, 3.63) is 48.7 Å². The average Bonchev–Trinajstić information content (AvgIpc) is 1.14. The predicted octanol–water partition coefficient (Wildman–Crippen LogP) is 1.31. The molecule has 67 heavy (non-hydrogen) atoms. The Morgan fingerprint density at radius 3 is 0.627 bits per heavy atom. The smallest absolute Gasteiger partial charge is 0.123 e.